The van der Waals surface area contributed by atoms with E-state index >= 15 is 0 Å². The number of benzene rings is 2. The van der Waals surface area contributed by atoms with Crippen LogP contribution in [0.3, 0.4) is 0 Å². The summed E-state index contributed by atoms with van der Waals surface area (Å²) in [7, 11) is 0. The zero-order valence-corrected chi connectivity index (χ0v) is 17.8. The molecule has 0 spiro atoms. The molecule has 0 saturated carbocycles. The zero-order chi connectivity index (χ0) is 20.7. The van der Waals surface area contributed by atoms with E-state index in [0.29, 0.717) is 0 Å². The van der Waals surface area contributed by atoms with E-state index in [-0.39, 0.29) is 5.41 Å². The van der Waals surface area contributed by atoms with Crippen LogP contribution in [0.2, 0.25) is 0 Å². The van der Waals surface area contributed by atoms with Gasteiger partial charge in [0.2, 0.25) is 0 Å². The molecule has 2 aromatic heterocycles. The molecule has 5 nitrogen and oxygen atoms in total. The average molecular weight is 398 g/mol. The molecule has 0 bridgehead atoms. The first kappa shape index (κ1) is 18.8. The SMILES string of the molecule is CC(C)(C)c1ccc2nc(-c3c(-c4ccccc4)ncnc3N3CCCC3)[nH]c2c1. The molecule has 0 amide bonds. The van der Waals surface area contributed by atoms with Crippen molar-refractivity contribution in [1.29, 1.82) is 0 Å². The smallest absolute Gasteiger partial charge is 0.144 e. The first-order chi connectivity index (χ1) is 14.5. The molecule has 2 aromatic carbocycles. The number of anilines is 1. The summed E-state index contributed by atoms with van der Waals surface area (Å²) in [4.78, 5) is 20.3. The first-order valence-electron chi connectivity index (χ1n) is 10.7. The molecular formula is C25H27N5. The number of H-pyrrole nitrogens is 1. The number of fused-ring (bicyclic) bond motifs is 1. The highest BCUT2D eigenvalue weighted by molar-refractivity contribution is 5.89. The lowest BCUT2D eigenvalue weighted by atomic mass is 9.87. The Morgan fingerprint density at radius 2 is 1.70 bits per heavy atom. The lowest BCUT2D eigenvalue weighted by Gasteiger charge is -2.20. The van der Waals surface area contributed by atoms with Gasteiger partial charge in [-0.25, -0.2) is 15.0 Å². The van der Waals surface area contributed by atoms with E-state index in [4.69, 9.17) is 9.97 Å². The molecule has 1 fully saturated rings. The molecule has 0 aliphatic carbocycles. The molecule has 5 rings (SSSR count). The molecule has 1 N–H and O–H groups in total. The largest absolute Gasteiger partial charge is 0.356 e. The third-order valence-corrected chi connectivity index (χ3v) is 5.86. The molecule has 1 aliphatic heterocycles. The van der Waals surface area contributed by atoms with Crippen LogP contribution >= 0.6 is 0 Å². The lowest BCUT2D eigenvalue weighted by Crippen LogP contribution is -2.20. The van der Waals surface area contributed by atoms with Gasteiger partial charge in [0.25, 0.3) is 0 Å². The van der Waals surface area contributed by atoms with Crippen molar-refractivity contribution in [3.8, 4) is 22.6 Å². The Hall–Kier alpha value is -3.21. The maximum Gasteiger partial charge on any atom is 0.144 e. The van der Waals surface area contributed by atoms with Crippen LogP contribution in [0.1, 0.15) is 39.2 Å². The Bertz CT molecular complexity index is 1180. The van der Waals surface area contributed by atoms with Gasteiger partial charge in [-0.3, -0.25) is 0 Å². The maximum atomic E-state index is 4.96. The summed E-state index contributed by atoms with van der Waals surface area (Å²) in [5.41, 5.74) is 6.37. The number of imidazole rings is 1. The van der Waals surface area contributed by atoms with Crippen LogP contribution in [0.25, 0.3) is 33.7 Å². The summed E-state index contributed by atoms with van der Waals surface area (Å²) in [5, 5.41) is 0. The summed E-state index contributed by atoms with van der Waals surface area (Å²) in [6.07, 6.45) is 4.07. The van der Waals surface area contributed by atoms with Crippen LogP contribution in [0, 0.1) is 0 Å². The van der Waals surface area contributed by atoms with Gasteiger partial charge in [-0.1, -0.05) is 57.2 Å². The summed E-state index contributed by atoms with van der Waals surface area (Å²) in [6, 6.07) is 16.8. The Labute approximate surface area is 177 Å². The van der Waals surface area contributed by atoms with E-state index in [1.54, 1.807) is 6.33 Å². The lowest BCUT2D eigenvalue weighted by molar-refractivity contribution is 0.591. The highest BCUT2D eigenvalue weighted by Crippen LogP contribution is 2.37. The minimum absolute atomic E-state index is 0.0885. The number of rotatable bonds is 3. The fourth-order valence-corrected chi connectivity index (χ4v) is 4.17. The highest BCUT2D eigenvalue weighted by atomic mass is 15.2. The standard InChI is InChI=1S/C25H27N5/c1-25(2,3)18-11-12-19-20(15-18)29-23(28-19)21-22(17-9-5-4-6-10-17)26-16-27-24(21)30-13-7-8-14-30/h4-6,9-12,15-16H,7-8,13-14H2,1-3H3,(H,28,29). The van der Waals surface area contributed by atoms with Crippen molar-refractivity contribution in [2.75, 3.05) is 18.0 Å². The molecule has 30 heavy (non-hydrogen) atoms. The summed E-state index contributed by atoms with van der Waals surface area (Å²) in [5.74, 6) is 1.80. The molecule has 5 heteroatoms. The Kier molecular flexibility index (Phi) is 4.54. The number of hydrogen-bond acceptors (Lipinski definition) is 4. The minimum Gasteiger partial charge on any atom is -0.356 e. The maximum absolute atomic E-state index is 4.96. The molecule has 4 aromatic rings. The predicted octanol–water partition coefficient (Wildman–Crippen LogP) is 5.58. The molecule has 0 atom stereocenters. The van der Waals surface area contributed by atoms with Gasteiger partial charge in [-0.15, -0.1) is 0 Å². The number of nitrogens with zero attached hydrogens (tertiary/aromatic N) is 4. The minimum atomic E-state index is 0.0885. The first-order valence-corrected chi connectivity index (χ1v) is 10.7. The van der Waals surface area contributed by atoms with Crippen molar-refractivity contribution in [2.45, 2.75) is 39.0 Å². The third kappa shape index (κ3) is 3.34. The van der Waals surface area contributed by atoms with Crippen molar-refractivity contribution in [3.63, 3.8) is 0 Å². The summed E-state index contributed by atoms with van der Waals surface area (Å²) in [6.45, 7) is 8.74. The molecule has 1 aliphatic rings. The van der Waals surface area contributed by atoms with E-state index in [2.05, 4.69) is 66.0 Å². The van der Waals surface area contributed by atoms with Crippen LogP contribution in [-0.2, 0) is 5.41 Å². The van der Waals surface area contributed by atoms with Crippen molar-refractivity contribution in [1.82, 2.24) is 19.9 Å². The molecular weight excluding hydrogens is 370 g/mol. The molecule has 3 heterocycles. The molecule has 1 saturated heterocycles. The van der Waals surface area contributed by atoms with Crippen LogP contribution in [-0.4, -0.2) is 33.0 Å². The summed E-state index contributed by atoms with van der Waals surface area (Å²) < 4.78 is 0. The Morgan fingerprint density at radius 3 is 2.43 bits per heavy atom. The van der Waals surface area contributed by atoms with Crippen molar-refractivity contribution < 1.29 is 0 Å². The van der Waals surface area contributed by atoms with Gasteiger partial charge >= 0.3 is 0 Å². The van der Waals surface area contributed by atoms with E-state index < -0.39 is 0 Å². The van der Waals surface area contributed by atoms with E-state index in [1.165, 1.54) is 18.4 Å². The van der Waals surface area contributed by atoms with E-state index in [9.17, 15) is 0 Å². The zero-order valence-electron chi connectivity index (χ0n) is 17.8. The van der Waals surface area contributed by atoms with Crippen LogP contribution in [0.4, 0.5) is 5.82 Å². The van der Waals surface area contributed by atoms with Crippen LogP contribution in [0.15, 0.2) is 54.9 Å². The van der Waals surface area contributed by atoms with Crippen molar-refractivity contribution in [3.05, 3.63) is 60.4 Å². The molecule has 0 radical (unpaired) electrons. The monoisotopic (exact) mass is 397 g/mol. The fraction of sp³-hybridized carbons (Fsp3) is 0.320. The Balaban J connectivity index is 1.72. The van der Waals surface area contributed by atoms with Crippen molar-refractivity contribution in [2.24, 2.45) is 0 Å². The van der Waals surface area contributed by atoms with Gasteiger partial charge < -0.3 is 9.88 Å². The number of aromatic amines is 1. The summed E-state index contributed by atoms with van der Waals surface area (Å²) >= 11 is 0. The van der Waals surface area contributed by atoms with Crippen LogP contribution in [0.5, 0.6) is 0 Å². The van der Waals surface area contributed by atoms with Crippen molar-refractivity contribution >= 4 is 16.9 Å². The second-order valence-corrected chi connectivity index (χ2v) is 9.05. The number of hydrogen-bond donors (Lipinski definition) is 1. The van der Waals surface area contributed by atoms with Gasteiger partial charge in [0.15, 0.2) is 0 Å². The fourth-order valence-electron chi connectivity index (χ4n) is 4.17. The normalized spacial score (nSPS) is 14.6. The van der Waals surface area contributed by atoms with Gasteiger partial charge in [0.1, 0.15) is 18.0 Å². The predicted molar refractivity (Wildman–Crippen MR) is 123 cm³/mol. The number of aromatic nitrogens is 4. The third-order valence-electron chi connectivity index (χ3n) is 5.86. The van der Waals surface area contributed by atoms with Crippen LogP contribution < -0.4 is 4.90 Å². The van der Waals surface area contributed by atoms with Gasteiger partial charge in [-0.2, -0.15) is 0 Å². The van der Waals surface area contributed by atoms with E-state index in [1.807, 2.05) is 18.2 Å². The molecule has 152 valence electrons. The quantitative estimate of drug-likeness (QED) is 0.490. The van der Waals surface area contributed by atoms with E-state index in [0.717, 1.165) is 52.6 Å². The second kappa shape index (κ2) is 7.24. The second-order valence-electron chi connectivity index (χ2n) is 9.05. The van der Waals surface area contributed by atoms with Gasteiger partial charge in [0.05, 0.1) is 22.3 Å². The molecule has 0 unspecified atom stereocenters. The van der Waals surface area contributed by atoms with Gasteiger partial charge in [-0.05, 0) is 36.0 Å². The average Bonchev–Trinajstić information content (AvgIpc) is 3.42. The topological polar surface area (TPSA) is 57.7 Å². The van der Waals surface area contributed by atoms with Gasteiger partial charge in [0, 0.05) is 18.7 Å². The number of nitrogens with one attached hydrogen (secondary N) is 1. The Morgan fingerprint density at radius 1 is 0.933 bits per heavy atom. The highest BCUT2D eigenvalue weighted by Gasteiger charge is 2.24.